The minimum atomic E-state index is -0.340. The van der Waals surface area contributed by atoms with Crippen molar-refractivity contribution in [3.8, 4) is 0 Å². The number of nitrogens with one attached hydrogen (secondary N) is 2. The Morgan fingerprint density at radius 3 is 2.36 bits per heavy atom. The highest BCUT2D eigenvalue weighted by Gasteiger charge is 2.09. The molecule has 1 aromatic heterocycles. The van der Waals surface area contributed by atoms with Crippen LogP contribution < -0.4 is 10.6 Å². The summed E-state index contributed by atoms with van der Waals surface area (Å²) in [6, 6.07) is 13.1. The van der Waals surface area contributed by atoms with Crippen LogP contribution in [0.2, 0.25) is 5.02 Å². The number of hydrogen-bond donors (Lipinski definition) is 2. The molecular formula is C19H17ClN4O. The summed E-state index contributed by atoms with van der Waals surface area (Å²) in [7, 11) is 0. The Morgan fingerprint density at radius 2 is 1.72 bits per heavy atom. The van der Waals surface area contributed by atoms with Gasteiger partial charge in [0.05, 0.1) is 12.4 Å². The van der Waals surface area contributed by atoms with Crippen LogP contribution in [-0.2, 0) is 0 Å². The molecule has 25 heavy (non-hydrogen) atoms. The first kappa shape index (κ1) is 16.9. The van der Waals surface area contributed by atoms with E-state index in [0.717, 1.165) is 16.8 Å². The highest BCUT2D eigenvalue weighted by Crippen LogP contribution is 2.18. The molecule has 0 aliphatic heterocycles. The van der Waals surface area contributed by atoms with E-state index >= 15 is 0 Å². The van der Waals surface area contributed by atoms with Crippen LogP contribution in [0.25, 0.3) is 0 Å². The monoisotopic (exact) mass is 352 g/mol. The molecule has 0 bridgehead atoms. The molecule has 2 aromatic carbocycles. The van der Waals surface area contributed by atoms with Gasteiger partial charge in [-0.05, 0) is 55.3 Å². The van der Waals surface area contributed by atoms with Crippen molar-refractivity contribution in [2.45, 2.75) is 13.8 Å². The number of aromatic nitrogens is 2. The predicted octanol–water partition coefficient (Wildman–Crippen LogP) is 4.74. The quantitative estimate of drug-likeness (QED) is 0.711. The van der Waals surface area contributed by atoms with Crippen molar-refractivity contribution >= 4 is 34.7 Å². The lowest BCUT2D eigenvalue weighted by Gasteiger charge is -2.08. The summed E-state index contributed by atoms with van der Waals surface area (Å²) in [6.07, 6.45) is 2.97. The lowest BCUT2D eigenvalue weighted by molar-refractivity contribution is 0.102. The maximum absolute atomic E-state index is 12.2. The van der Waals surface area contributed by atoms with Gasteiger partial charge in [-0.2, -0.15) is 0 Å². The SMILES string of the molecule is Cc1cc(C)cc(Nc2cnc(C(=O)Nc3cccc(Cl)c3)cn2)c1. The van der Waals surface area contributed by atoms with Crippen molar-refractivity contribution in [1.29, 1.82) is 0 Å². The number of halogens is 1. The number of carbonyl (C=O) groups is 1. The highest BCUT2D eigenvalue weighted by molar-refractivity contribution is 6.30. The fourth-order valence-electron chi connectivity index (χ4n) is 2.47. The molecule has 126 valence electrons. The van der Waals surface area contributed by atoms with Crippen LogP contribution in [0, 0.1) is 13.8 Å². The van der Waals surface area contributed by atoms with Crippen LogP contribution >= 0.6 is 11.6 Å². The summed E-state index contributed by atoms with van der Waals surface area (Å²) in [5, 5.41) is 6.48. The average molecular weight is 353 g/mol. The third-order valence-corrected chi connectivity index (χ3v) is 3.70. The fraction of sp³-hybridized carbons (Fsp3) is 0.105. The lowest BCUT2D eigenvalue weighted by atomic mass is 10.1. The molecule has 0 atom stereocenters. The molecule has 0 aliphatic rings. The summed E-state index contributed by atoms with van der Waals surface area (Å²) in [6.45, 7) is 4.07. The number of hydrogen-bond acceptors (Lipinski definition) is 4. The van der Waals surface area contributed by atoms with Crippen molar-refractivity contribution < 1.29 is 4.79 Å². The van der Waals surface area contributed by atoms with E-state index in [1.807, 2.05) is 26.0 Å². The average Bonchev–Trinajstić information content (AvgIpc) is 2.54. The largest absolute Gasteiger partial charge is 0.339 e. The molecule has 3 rings (SSSR count). The van der Waals surface area contributed by atoms with Gasteiger partial charge in [-0.1, -0.05) is 23.7 Å². The third kappa shape index (κ3) is 4.55. The van der Waals surface area contributed by atoms with Crippen LogP contribution in [0.1, 0.15) is 21.6 Å². The van der Waals surface area contributed by atoms with E-state index in [9.17, 15) is 4.79 Å². The molecule has 0 fully saturated rings. The maximum Gasteiger partial charge on any atom is 0.275 e. The second-order valence-electron chi connectivity index (χ2n) is 5.75. The lowest BCUT2D eigenvalue weighted by Crippen LogP contribution is -2.14. The normalized spacial score (nSPS) is 10.4. The Bertz CT molecular complexity index is 889. The molecule has 0 aliphatic carbocycles. The van der Waals surface area contributed by atoms with Gasteiger partial charge in [-0.25, -0.2) is 9.97 Å². The summed E-state index contributed by atoms with van der Waals surface area (Å²) < 4.78 is 0. The Balaban J connectivity index is 1.70. The zero-order valence-electron chi connectivity index (χ0n) is 13.9. The van der Waals surface area contributed by atoms with Gasteiger partial charge in [0.25, 0.3) is 5.91 Å². The first-order valence-corrected chi connectivity index (χ1v) is 8.12. The van der Waals surface area contributed by atoms with E-state index in [2.05, 4.69) is 26.7 Å². The molecule has 1 amide bonds. The van der Waals surface area contributed by atoms with Crippen LogP contribution in [-0.4, -0.2) is 15.9 Å². The van der Waals surface area contributed by atoms with Crippen molar-refractivity contribution in [2.24, 2.45) is 0 Å². The van der Waals surface area contributed by atoms with Gasteiger partial charge in [0.15, 0.2) is 0 Å². The molecule has 0 spiro atoms. The van der Waals surface area contributed by atoms with Crippen molar-refractivity contribution in [2.75, 3.05) is 10.6 Å². The molecule has 1 heterocycles. The Hall–Kier alpha value is -2.92. The van der Waals surface area contributed by atoms with Crippen molar-refractivity contribution in [1.82, 2.24) is 9.97 Å². The molecule has 5 nitrogen and oxygen atoms in total. The summed E-state index contributed by atoms with van der Waals surface area (Å²) in [4.78, 5) is 20.6. The molecule has 2 N–H and O–H groups in total. The standard InChI is InChI=1S/C19H17ClN4O/c1-12-6-13(2)8-16(7-12)23-18-11-21-17(10-22-18)19(25)24-15-5-3-4-14(20)9-15/h3-11H,1-2H3,(H,22,23)(H,24,25). The first-order valence-electron chi connectivity index (χ1n) is 7.74. The molecule has 0 radical (unpaired) electrons. The topological polar surface area (TPSA) is 66.9 Å². The zero-order valence-corrected chi connectivity index (χ0v) is 14.6. The van der Waals surface area contributed by atoms with E-state index in [1.165, 1.54) is 12.4 Å². The Labute approximate surface area is 151 Å². The Kier molecular flexibility index (Phi) is 4.95. The smallest absolute Gasteiger partial charge is 0.275 e. The van der Waals surface area contributed by atoms with Gasteiger partial charge >= 0.3 is 0 Å². The minimum absolute atomic E-state index is 0.228. The van der Waals surface area contributed by atoms with E-state index in [1.54, 1.807) is 24.3 Å². The number of anilines is 3. The highest BCUT2D eigenvalue weighted by atomic mass is 35.5. The van der Waals surface area contributed by atoms with Gasteiger partial charge < -0.3 is 10.6 Å². The summed E-state index contributed by atoms with van der Waals surface area (Å²) >= 11 is 5.91. The summed E-state index contributed by atoms with van der Waals surface area (Å²) in [5.41, 5.74) is 4.09. The van der Waals surface area contributed by atoms with Crippen molar-refractivity contribution in [3.63, 3.8) is 0 Å². The van der Waals surface area contributed by atoms with Crippen LogP contribution in [0.15, 0.2) is 54.9 Å². The number of carbonyl (C=O) groups excluding carboxylic acids is 1. The molecule has 3 aromatic rings. The van der Waals surface area contributed by atoms with E-state index in [-0.39, 0.29) is 11.6 Å². The Morgan fingerprint density at radius 1 is 0.960 bits per heavy atom. The number of aryl methyl sites for hydroxylation is 2. The number of benzene rings is 2. The second-order valence-corrected chi connectivity index (χ2v) is 6.19. The van der Waals surface area contributed by atoms with Gasteiger partial charge in [-0.3, -0.25) is 4.79 Å². The third-order valence-electron chi connectivity index (χ3n) is 3.46. The van der Waals surface area contributed by atoms with Gasteiger partial charge in [0.2, 0.25) is 0 Å². The predicted molar refractivity (Wildman–Crippen MR) is 101 cm³/mol. The van der Waals surface area contributed by atoms with Crippen LogP contribution in [0.5, 0.6) is 0 Å². The first-order chi connectivity index (χ1) is 12.0. The van der Waals surface area contributed by atoms with Gasteiger partial charge in [-0.15, -0.1) is 0 Å². The van der Waals surface area contributed by atoms with E-state index < -0.39 is 0 Å². The number of amides is 1. The minimum Gasteiger partial charge on any atom is -0.339 e. The molecule has 0 saturated heterocycles. The molecule has 0 saturated carbocycles. The van der Waals surface area contributed by atoms with Gasteiger partial charge in [0, 0.05) is 16.4 Å². The van der Waals surface area contributed by atoms with Crippen LogP contribution in [0.4, 0.5) is 17.2 Å². The fourth-order valence-corrected chi connectivity index (χ4v) is 2.66. The number of rotatable bonds is 4. The second kappa shape index (κ2) is 7.32. The molecular weight excluding hydrogens is 336 g/mol. The van der Waals surface area contributed by atoms with E-state index in [4.69, 9.17) is 11.6 Å². The van der Waals surface area contributed by atoms with Gasteiger partial charge in [0.1, 0.15) is 11.5 Å². The number of nitrogens with zero attached hydrogens (tertiary/aromatic N) is 2. The maximum atomic E-state index is 12.2. The zero-order chi connectivity index (χ0) is 17.8. The van der Waals surface area contributed by atoms with Crippen LogP contribution in [0.3, 0.4) is 0 Å². The van der Waals surface area contributed by atoms with Crippen molar-refractivity contribution in [3.05, 3.63) is 76.7 Å². The summed E-state index contributed by atoms with van der Waals surface area (Å²) in [5.74, 6) is 0.233. The molecule has 0 unspecified atom stereocenters. The van der Waals surface area contributed by atoms with E-state index in [0.29, 0.717) is 16.5 Å². The molecule has 6 heteroatoms.